The predicted molar refractivity (Wildman–Crippen MR) is 82.1 cm³/mol. The van der Waals surface area contributed by atoms with Gasteiger partial charge in [0, 0.05) is 12.0 Å². The highest BCUT2D eigenvalue weighted by atomic mass is 32.2. The zero-order valence-electron chi connectivity index (χ0n) is 11.8. The smallest absolute Gasteiger partial charge is 0.338 e. The molecule has 116 valence electrons. The average molecular weight is 338 g/mol. The summed E-state index contributed by atoms with van der Waals surface area (Å²) in [6, 6.07) is 8.38. The van der Waals surface area contributed by atoms with Gasteiger partial charge in [0.2, 0.25) is 0 Å². The minimum atomic E-state index is -3.24. The van der Waals surface area contributed by atoms with E-state index in [9.17, 15) is 13.2 Å². The van der Waals surface area contributed by atoms with Gasteiger partial charge in [-0.15, -0.1) is 11.3 Å². The molecule has 0 amide bonds. The topological polar surface area (TPSA) is 69.7 Å². The van der Waals surface area contributed by atoms with Crippen LogP contribution in [0.5, 0.6) is 5.75 Å². The van der Waals surface area contributed by atoms with E-state index < -0.39 is 21.9 Å². The SMILES string of the molecule is COc1cccc(C(=O)O[C@H]2CCS(=O)(=O)c3sccc32)c1. The number of rotatable bonds is 3. The molecule has 0 unspecified atom stereocenters. The molecule has 7 heteroatoms. The van der Waals surface area contributed by atoms with Crippen molar-refractivity contribution < 1.29 is 22.7 Å². The van der Waals surface area contributed by atoms with Crippen LogP contribution in [0.4, 0.5) is 0 Å². The summed E-state index contributed by atoms with van der Waals surface area (Å²) in [5.41, 5.74) is 0.956. The van der Waals surface area contributed by atoms with Crippen molar-refractivity contribution >= 4 is 27.1 Å². The van der Waals surface area contributed by atoms with E-state index in [1.807, 2.05) is 0 Å². The van der Waals surface area contributed by atoms with Crippen LogP contribution < -0.4 is 4.74 Å². The first-order chi connectivity index (χ1) is 10.5. The third kappa shape index (κ3) is 2.74. The van der Waals surface area contributed by atoms with Crippen LogP contribution in [0, 0.1) is 0 Å². The van der Waals surface area contributed by atoms with E-state index in [1.165, 1.54) is 18.4 Å². The second-order valence-electron chi connectivity index (χ2n) is 4.90. The lowest BCUT2D eigenvalue weighted by Gasteiger charge is -2.22. The second kappa shape index (κ2) is 5.73. The number of methoxy groups -OCH3 is 1. The van der Waals surface area contributed by atoms with Crippen LogP contribution in [0.1, 0.15) is 28.4 Å². The summed E-state index contributed by atoms with van der Waals surface area (Å²) >= 11 is 1.17. The molecular weight excluding hydrogens is 324 g/mol. The molecule has 5 nitrogen and oxygen atoms in total. The van der Waals surface area contributed by atoms with E-state index in [0.29, 0.717) is 21.1 Å². The minimum absolute atomic E-state index is 0.00340. The maximum atomic E-state index is 12.3. The number of fused-ring (bicyclic) bond motifs is 1. The third-order valence-electron chi connectivity index (χ3n) is 3.49. The number of esters is 1. The Kier molecular flexibility index (Phi) is 3.92. The van der Waals surface area contributed by atoms with Crippen LogP contribution in [-0.2, 0) is 14.6 Å². The zero-order chi connectivity index (χ0) is 15.7. The van der Waals surface area contributed by atoms with Crippen molar-refractivity contribution in [3.8, 4) is 5.75 Å². The summed E-state index contributed by atoms with van der Waals surface area (Å²) in [6.07, 6.45) is -0.245. The fourth-order valence-electron chi connectivity index (χ4n) is 2.38. The molecule has 0 N–H and O–H groups in total. The molecule has 2 aromatic rings. The molecule has 22 heavy (non-hydrogen) atoms. The summed E-state index contributed by atoms with van der Waals surface area (Å²) in [6.45, 7) is 0. The van der Waals surface area contributed by atoms with Crippen LogP contribution in [0.2, 0.25) is 0 Å². The first kappa shape index (κ1) is 15.1. The van der Waals surface area contributed by atoms with Gasteiger partial charge in [0.1, 0.15) is 16.1 Å². The Hall–Kier alpha value is -1.86. The largest absolute Gasteiger partial charge is 0.497 e. The maximum Gasteiger partial charge on any atom is 0.338 e. The summed E-state index contributed by atoms with van der Waals surface area (Å²) in [4.78, 5) is 12.3. The van der Waals surface area contributed by atoms with Crippen LogP contribution >= 0.6 is 11.3 Å². The monoisotopic (exact) mass is 338 g/mol. The Balaban J connectivity index is 1.84. The van der Waals surface area contributed by atoms with Crippen molar-refractivity contribution in [1.82, 2.24) is 0 Å². The summed E-state index contributed by atoms with van der Waals surface area (Å²) in [5, 5.41) is 1.71. The minimum Gasteiger partial charge on any atom is -0.497 e. The van der Waals surface area contributed by atoms with E-state index in [0.717, 1.165) is 0 Å². The van der Waals surface area contributed by atoms with Crippen molar-refractivity contribution in [3.05, 3.63) is 46.8 Å². The van der Waals surface area contributed by atoms with Gasteiger partial charge < -0.3 is 9.47 Å². The average Bonchev–Trinajstić information content (AvgIpc) is 3.01. The van der Waals surface area contributed by atoms with Gasteiger partial charge in [-0.1, -0.05) is 6.07 Å². The molecule has 0 radical (unpaired) electrons. The van der Waals surface area contributed by atoms with Crippen LogP contribution in [0.25, 0.3) is 0 Å². The van der Waals surface area contributed by atoms with Crippen molar-refractivity contribution in [2.45, 2.75) is 16.7 Å². The number of sulfone groups is 1. The predicted octanol–water partition coefficient (Wildman–Crippen LogP) is 2.83. The van der Waals surface area contributed by atoms with E-state index in [-0.39, 0.29) is 12.2 Å². The van der Waals surface area contributed by atoms with Crippen molar-refractivity contribution in [1.29, 1.82) is 0 Å². The lowest BCUT2D eigenvalue weighted by atomic mass is 10.1. The van der Waals surface area contributed by atoms with E-state index >= 15 is 0 Å². The Bertz CT molecular complexity index is 807. The maximum absolute atomic E-state index is 12.3. The molecule has 2 heterocycles. The first-order valence-electron chi connectivity index (χ1n) is 6.66. The normalized spacial score (nSPS) is 19.2. The number of benzene rings is 1. The lowest BCUT2D eigenvalue weighted by molar-refractivity contribution is 0.0279. The fourth-order valence-corrected chi connectivity index (χ4v) is 5.32. The van der Waals surface area contributed by atoms with Crippen molar-refractivity contribution in [3.63, 3.8) is 0 Å². The number of ether oxygens (including phenoxy) is 2. The molecule has 0 bridgehead atoms. The Labute approximate surface area is 132 Å². The molecule has 0 fully saturated rings. The van der Waals surface area contributed by atoms with Gasteiger partial charge in [0.25, 0.3) is 0 Å². The highest BCUT2D eigenvalue weighted by molar-refractivity contribution is 7.93. The van der Waals surface area contributed by atoms with Gasteiger partial charge in [-0.05, 0) is 29.6 Å². The molecule has 1 aromatic carbocycles. The van der Waals surface area contributed by atoms with Gasteiger partial charge in [0.15, 0.2) is 9.84 Å². The van der Waals surface area contributed by atoms with Crippen molar-refractivity contribution in [2.24, 2.45) is 0 Å². The molecular formula is C15H14O5S2. The van der Waals surface area contributed by atoms with Gasteiger partial charge in [-0.3, -0.25) is 0 Å². The van der Waals surface area contributed by atoms with E-state index in [2.05, 4.69) is 0 Å². The van der Waals surface area contributed by atoms with Gasteiger partial charge >= 0.3 is 5.97 Å². The highest BCUT2D eigenvalue weighted by Gasteiger charge is 2.33. The lowest BCUT2D eigenvalue weighted by Crippen LogP contribution is -2.22. The molecule has 1 aromatic heterocycles. The molecule has 3 rings (SSSR count). The highest BCUT2D eigenvalue weighted by Crippen LogP contribution is 2.38. The molecule has 1 atom stereocenters. The number of thiophene rings is 1. The Morgan fingerprint density at radius 2 is 2.14 bits per heavy atom. The Morgan fingerprint density at radius 3 is 2.91 bits per heavy atom. The quantitative estimate of drug-likeness (QED) is 0.805. The first-order valence-corrected chi connectivity index (χ1v) is 9.19. The molecule has 1 aliphatic rings. The summed E-state index contributed by atoms with van der Waals surface area (Å²) < 4.78 is 34.8. The number of hydrogen-bond acceptors (Lipinski definition) is 6. The standard InChI is InChI=1S/C15H14O5S2/c1-19-11-4-2-3-10(9-11)14(16)20-13-6-8-22(17,18)15-12(13)5-7-21-15/h2-5,7,9,13H,6,8H2,1H3/t13-/m0/s1. The fraction of sp³-hybridized carbons (Fsp3) is 0.267. The van der Waals surface area contributed by atoms with E-state index in [1.54, 1.807) is 35.7 Å². The van der Waals surface area contributed by atoms with Crippen LogP contribution in [0.15, 0.2) is 39.9 Å². The molecule has 0 spiro atoms. The summed E-state index contributed by atoms with van der Waals surface area (Å²) in [5.74, 6) is 0.0774. The number of carbonyl (C=O) groups is 1. The van der Waals surface area contributed by atoms with Crippen LogP contribution in [-0.4, -0.2) is 27.2 Å². The number of carbonyl (C=O) groups excluding carboxylic acids is 1. The van der Waals surface area contributed by atoms with Crippen molar-refractivity contribution in [2.75, 3.05) is 12.9 Å². The molecule has 0 saturated carbocycles. The third-order valence-corrected chi connectivity index (χ3v) is 6.84. The van der Waals surface area contributed by atoms with Gasteiger partial charge in [-0.25, -0.2) is 13.2 Å². The summed E-state index contributed by atoms with van der Waals surface area (Å²) in [7, 11) is -1.71. The molecule has 1 aliphatic heterocycles. The Morgan fingerprint density at radius 1 is 1.32 bits per heavy atom. The molecule has 0 aliphatic carbocycles. The number of hydrogen-bond donors (Lipinski definition) is 0. The van der Waals surface area contributed by atoms with Gasteiger partial charge in [0.05, 0.1) is 18.4 Å². The zero-order valence-corrected chi connectivity index (χ0v) is 13.4. The van der Waals surface area contributed by atoms with Gasteiger partial charge in [-0.2, -0.15) is 0 Å². The second-order valence-corrected chi connectivity index (χ2v) is 8.12. The van der Waals surface area contributed by atoms with Crippen LogP contribution in [0.3, 0.4) is 0 Å². The van der Waals surface area contributed by atoms with E-state index in [4.69, 9.17) is 9.47 Å². The molecule has 0 saturated heterocycles.